The van der Waals surface area contributed by atoms with Crippen LogP contribution in [0, 0.1) is 5.41 Å². The third-order valence-corrected chi connectivity index (χ3v) is 2.25. The molecule has 0 aromatic heterocycles. The first-order valence-corrected chi connectivity index (χ1v) is 4.09. The van der Waals surface area contributed by atoms with Gasteiger partial charge < -0.3 is 10.8 Å². The summed E-state index contributed by atoms with van der Waals surface area (Å²) < 4.78 is 0. The minimum atomic E-state index is -0.606. The molecule has 0 unspecified atom stereocenters. The van der Waals surface area contributed by atoms with Gasteiger partial charge in [0.15, 0.2) is 0 Å². The number of rotatable bonds is 2. The van der Waals surface area contributed by atoms with E-state index in [0.29, 0.717) is 5.56 Å². The number of aromatic hydroxyl groups is 1. The van der Waals surface area contributed by atoms with Crippen molar-refractivity contribution in [2.75, 3.05) is 0 Å². The summed E-state index contributed by atoms with van der Waals surface area (Å²) >= 11 is 0. The van der Waals surface area contributed by atoms with Gasteiger partial charge in [-0.15, -0.1) is 0 Å². The van der Waals surface area contributed by atoms with Crippen LogP contribution >= 0.6 is 0 Å². The molecular formula is C10H14N2O. The topological polar surface area (TPSA) is 70.1 Å². The Kier molecular flexibility index (Phi) is 2.28. The van der Waals surface area contributed by atoms with Crippen LogP contribution in [0.3, 0.4) is 0 Å². The first-order valence-electron chi connectivity index (χ1n) is 4.09. The standard InChI is InChI=1S/C10H14N2O/c1-10(2,9(11)12)7-5-3-4-6-8(7)13/h3-6,13H,1-2H3,(H3,11,12). The summed E-state index contributed by atoms with van der Waals surface area (Å²) in [5, 5.41) is 16.9. The van der Waals surface area contributed by atoms with E-state index in [9.17, 15) is 5.11 Å². The molecule has 3 nitrogen and oxygen atoms in total. The van der Waals surface area contributed by atoms with E-state index in [1.54, 1.807) is 18.2 Å². The average molecular weight is 178 g/mol. The molecule has 0 fully saturated rings. The lowest BCUT2D eigenvalue weighted by Gasteiger charge is -2.24. The Balaban J connectivity index is 3.22. The summed E-state index contributed by atoms with van der Waals surface area (Å²) in [6.45, 7) is 3.62. The van der Waals surface area contributed by atoms with Crippen molar-refractivity contribution in [3.63, 3.8) is 0 Å². The fraction of sp³-hybridized carbons (Fsp3) is 0.300. The minimum absolute atomic E-state index is 0.0500. The second-order valence-electron chi connectivity index (χ2n) is 3.56. The molecule has 0 aliphatic rings. The van der Waals surface area contributed by atoms with Crippen LogP contribution in [0.1, 0.15) is 19.4 Å². The van der Waals surface area contributed by atoms with Crippen molar-refractivity contribution in [3.8, 4) is 5.75 Å². The molecule has 1 rings (SSSR count). The van der Waals surface area contributed by atoms with Crippen molar-refractivity contribution in [1.29, 1.82) is 5.41 Å². The van der Waals surface area contributed by atoms with Gasteiger partial charge in [0.2, 0.25) is 0 Å². The zero-order chi connectivity index (χ0) is 10.1. The highest BCUT2D eigenvalue weighted by molar-refractivity contribution is 5.88. The molecule has 0 aliphatic heterocycles. The molecule has 4 N–H and O–H groups in total. The van der Waals surface area contributed by atoms with Crippen molar-refractivity contribution in [2.24, 2.45) is 5.73 Å². The summed E-state index contributed by atoms with van der Waals surface area (Å²) in [6, 6.07) is 6.94. The highest BCUT2D eigenvalue weighted by Crippen LogP contribution is 2.30. The first-order chi connectivity index (χ1) is 5.96. The number of hydrogen-bond donors (Lipinski definition) is 3. The van der Waals surface area contributed by atoms with E-state index in [4.69, 9.17) is 11.1 Å². The zero-order valence-corrected chi connectivity index (χ0v) is 7.83. The van der Waals surface area contributed by atoms with E-state index in [-0.39, 0.29) is 11.6 Å². The van der Waals surface area contributed by atoms with Gasteiger partial charge in [0.25, 0.3) is 0 Å². The molecule has 0 saturated heterocycles. The van der Waals surface area contributed by atoms with Crippen LogP contribution in [0.25, 0.3) is 0 Å². The Morgan fingerprint density at radius 2 is 1.92 bits per heavy atom. The molecule has 70 valence electrons. The van der Waals surface area contributed by atoms with Crippen LogP contribution in [0.4, 0.5) is 0 Å². The van der Waals surface area contributed by atoms with Crippen molar-refractivity contribution in [3.05, 3.63) is 29.8 Å². The van der Waals surface area contributed by atoms with E-state index < -0.39 is 5.41 Å². The largest absolute Gasteiger partial charge is 0.508 e. The predicted molar refractivity (Wildman–Crippen MR) is 53.0 cm³/mol. The SMILES string of the molecule is CC(C)(C(=N)N)c1ccccc1O. The summed E-state index contributed by atoms with van der Waals surface area (Å²) in [7, 11) is 0. The lowest BCUT2D eigenvalue weighted by atomic mass is 9.83. The van der Waals surface area contributed by atoms with E-state index in [0.717, 1.165) is 0 Å². The molecule has 0 bridgehead atoms. The quantitative estimate of drug-likeness (QED) is 0.475. The van der Waals surface area contributed by atoms with Crippen molar-refractivity contribution in [2.45, 2.75) is 19.3 Å². The molecule has 0 spiro atoms. The van der Waals surface area contributed by atoms with Gasteiger partial charge in [0, 0.05) is 5.56 Å². The second-order valence-corrected chi connectivity index (χ2v) is 3.56. The van der Waals surface area contributed by atoms with Gasteiger partial charge in [-0.2, -0.15) is 0 Å². The summed E-state index contributed by atoms with van der Waals surface area (Å²) in [5.41, 5.74) is 5.52. The Morgan fingerprint density at radius 1 is 1.38 bits per heavy atom. The Bertz CT molecular complexity index is 331. The Morgan fingerprint density at radius 3 is 2.38 bits per heavy atom. The molecule has 3 heteroatoms. The van der Waals surface area contributed by atoms with Crippen LogP contribution in [0.5, 0.6) is 5.75 Å². The molecule has 0 heterocycles. The maximum atomic E-state index is 9.54. The zero-order valence-electron chi connectivity index (χ0n) is 7.83. The number of phenols is 1. The fourth-order valence-electron chi connectivity index (χ4n) is 1.15. The number of nitrogens with two attached hydrogens (primary N) is 1. The average Bonchev–Trinajstić information content (AvgIpc) is 2.04. The summed E-state index contributed by atoms with van der Waals surface area (Å²) in [4.78, 5) is 0. The Hall–Kier alpha value is -1.51. The molecule has 0 amide bonds. The van der Waals surface area contributed by atoms with Gasteiger partial charge in [-0.25, -0.2) is 0 Å². The van der Waals surface area contributed by atoms with Crippen molar-refractivity contribution < 1.29 is 5.11 Å². The molecule has 1 aromatic rings. The van der Waals surface area contributed by atoms with Gasteiger partial charge in [-0.05, 0) is 19.9 Å². The van der Waals surface area contributed by atoms with Gasteiger partial charge in [0.05, 0.1) is 5.41 Å². The van der Waals surface area contributed by atoms with Crippen LogP contribution in [-0.2, 0) is 5.41 Å². The van der Waals surface area contributed by atoms with Gasteiger partial charge in [-0.3, -0.25) is 5.41 Å². The first kappa shape index (κ1) is 9.58. The lowest BCUT2D eigenvalue weighted by Crippen LogP contribution is -2.34. The number of para-hydroxylation sites is 1. The van der Waals surface area contributed by atoms with E-state index in [2.05, 4.69) is 0 Å². The fourth-order valence-corrected chi connectivity index (χ4v) is 1.15. The normalized spacial score (nSPS) is 11.2. The molecule has 0 aliphatic carbocycles. The number of nitrogens with one attached hydrogen (secondary N) is 1. The van der Waals surface area contributed by atoms with E-state index in [1.165, 1.54) is 0 Å². The predicted octanol–water partition coefficient (Wildman–Crippen LogP) is 1.61. The maximum Gasteiger partial charge on any atom is 0.119 e. The van der Waals surface area contributed by atoms with E-state index >= 15 is 0 Å². The van der Waals surface area contributed by atoms with Crippen LogP contribution < -0.4 is 5.73 Å². The molecule has 0 atom stereocenters. The van der Waals surface area contributed by atoms with Crippen LogP contribution in [0.15, 0.2) is 24.3 Å². The molecule has 0 saturated carbocycles. The van der Waals surface area contributed by atoms with Crippen LogP contribution in [-0.4, -0.2) is 10.9 Å². The van der Waals surface area contributed by atoms with E-state index in [1.807, 2.05) is 19.9 Å². The number of hydrogen-bond acceptors (Lipinski definition) is 2. The Labute approximate surface area is 77.7 Å². The van der Waals surface area contributed by atoms with Gasteiger partial charge >= 0.3 is 0 Å². The highest BCUT2D eigenvalue weighted by atomic mass is 16.3. The highest BCUT2D eigenvalue weighted by Gasteiger charge is 2.26. The van der Waals surface area contributed by atoms with Gasteiger partial charge in [-0.1, -0.05) is 18.2 Å². The molecule has 13 heavy (non-hydrogen) atoms. The maximum absolute atomic E-state index is 9.54. The number of benzene rings is 1. The molecule has 0 radical (unpaired) electrons. The lowest BCUT2D eigenvalue weighted by molar-refractivity contribution is 0.458. The summed E-state index contributed by atoms with van der Waals surface area (Å²) in [5.74, 6) is 0.233. The second kappa shape index (κ2) is 3.09. The molecular weight excluding hydrogens is 164 g/mol. The number of phenolic OH excluding ortho intramolecular Hbond substituents is 1. The van der Waals surface area contributed by atoms with Crippen molar-refractivity contribution >= 4 is 5.84 Å². The molecule has 1 aromatic carbocycles. The number of amidine groups is 1. The third kappa shape index (κ3) is 1.64. The third-order valence-electron chi connectivity index (χ3n) is 2.25. The van der Waals surface area contributed by atoms with Crippen LogP contribution in [0.2, 0.25) is 0 Å². The monoisotopic (exact) mass is 178 g/mol. The minimum Gasteiger partial charge on any atom is -0.508 e. The van der Waals surface area contributed by atoms with Crippen molar-refractivity contribution in [1.82, 2.24) is 0 Å². The van der Waals surface area contributed by atoms with Gasteiger partial charge in [0.1, 0.15) is 11.6 Å². The summed E-state index contributed by atoms with van der Waals surface area (Å²) in [6.07, 6.45) is 0. The smallest absolute Gasteiger partial charge is 0.119 e.